The van der Waals surface area contributed by atoms with Crippen molar-refractivity contribution in [2.45, 2.75) is 24.9 Å². The molecule has 1 saturated carbocycles. The topological polar surface area (TPSA) is 94.6 Å². The molecule has 3 atom stereocenters. The van der Waals surface area contributed by atoms with Gasteiger partial charge in [-0.25, -0.2) is 13.6 Å². The van der Waals surface area contributed by atoms with Crippen molar-refractivity contribution >= 4 is 11.7 Å². The van der Waals surface area contributed by atoms with Gasteiger partial charge in [0.2, 0.25) is 0 Å². The molecule has 2 aromatic carbocycles. The number of nitrogens with one attached hydrogen (secondary N) is 1. The summed E-state index contributed by atoms with van der Waals surface area (Å²) in [5, 5.41) is 11.5. The number of halogens is 2. The van der Waals surface area contributed by atoms with Crippen LogP contribution in [0.3, 0.4) is 0 Å². The molecule has 0 aromatic heterocycles. The van der Waals surface area contributed by atoms with Crippen LogP contribution in [0.2, 0.25) is 0 Å². The summed E-state index contributed by atoms with van der Waals surface area (Å²) in [6.07, 6.45) is 2.07. The molecule has 34 heavy (non-hydrogen) atoms. The summed E-state index contributed by atoms with van der Waals surface area (Å²) in [4.78, 5) is 16.8. The van der Waals surface area contributed by atoms with E-state index >= 15 is 0 Å². The van der Waals surface area contributed by atoms with E-state index in [2.05, 4.69) is 16.3 Å². The standard InChI is InChI=1S/C25H29F2N5O2/c1-31(25(33)30-20-6-9-22(26)23(27)10-20)24-17-4-5-18(24)13-32(12-17)14-19(29)15-34-21-7-2-16(11-28)3-8-21/h2-3,6-10,17-19,24H,4-5,12-15,29H2,1H3,(H,30,33)/t17?,18?,19-,24?/m0/s1. The lowest BCUT2D eigenvalue weighted by Gasteiger charge is -2.42. The van der Waals surface area contributed by atoms with Crippen LogP contribution in [0.4, 0.5) is 19.3 Å². The van der Waals surface area contributed by atoms with Crippen LogP contribution in [0.15, 0.2) is 42.5 Å². The average molecular weight is 470 g/mol. The zero-order valence-electron chi connectivity index (χ0n) is 19.1. The van der Waals surface area contributed by atoms with Crippen LogP contribution in [-0.2, 0) is 0 Å². The van der Waals surface area contributed by atoms with Crippen LogP contribution in [0.25, 0.3) is 0 Å². The molecule has 7 nitrogen and oxygen atoms in total. The van der Waals surface area contributed by atoms with Crippen molar-refractivity contribution < 1.29 is 18.3 Å². The molecule has 1 aliphatic carbocycles. The summed E-state index contributed by atoms with van der Waals surface area (Å²) in [6.45, 7) is 2.75. The highest BCUT2D eigenvalue weighted by molar-refractivity contribution is 5.89. The summed E-state index contributed by atoms with van der Waals surface area (Å²) < 4.78 is 32.4. The van der Waals surface area contributed by atoms with Crippen molar-refractivity contribution in [1.29, 1.82) is 5.26 Å². The van der Waals surface area contributed by atoms with Gasteiger partial charge in [-0.05, 0) is 61.1 Å². The molecule has 2 amide bonds. The van der Waals surface area contributed by atoms with Crippen LogP contribution in [0, 0.1) is 34.8 Å². The fourth-order valence-corrected chi connectivity index (χ4v) is 5.21. The Labute approximate surface area is 198 Å². The number of anilines is 1. The van der Waals surface area contributed by atoms with Gasteiger partial charge < -0.3 is 25.6 Å². The van der Waals surface area contributed by atoms with Gasteiger partial charge in [0.05, 0.1) is 17.7 Å². The number of urea groups is 1. The number of benzene rings is 2. The first kappa shape index (κ1) is 23.9. The second kappa shape index (κ2) is 10.4. The van der Waals surface area contributed by atoms with E-state index in [1.807, 2.05) is 0 Å². The first-order valence-corrected chi connectivity index (χ1v) is 11.4. The Morgan fingerprint density at radius 3 is 2.50 bits per heavy atom. The monoisotopic (exact) mass is 469 g/mol. The number of carbonyl (C=O) groups is 1. The molecule has 180 valence electrons. The second-order valence-corrected chi connectivity index (χ2v) is 9.18. The highest BCUT2D eigenvalue weighted by Gasteiger charge is 2.45. The van der Waals surface area contributed by atoms with E-state index in [1.54, 1.807) is 36.2 Å². The summed E-state index contributed by atoms with van der Waals surface area (Å²) in [6, 6.07) is 12.0. The fourth-order valence-electron chi connectivity index (χ4n) is 5.21. The molecular formula is C25H29F2N5O2. The molecular weight excluding hydrogens is 440 g/mol. The van der Waals surface area contributed by atoms with Gasteiger partial charge in [-0.15, -0.1) is 0 Å². The van der Waals surface area contributed by atoms with Crippen molar-refractivity contribution in [3.63, 3.8) is 0 Å². The third-order valence-corrected chi connectivity index (χ3v) is 6.74. The lowest BCUT2D eigenvalue weighted by Crippen LogP contribution is -2.56. The first-order valence-electron chi connectivity index (χ1n) is 11.4. The highest BCUT2D eigenvalue weighted by atomic mass is 19.2. The van der Waals surface area contributed by atoms with Gasteiger partial charge in [0, 0.05) is 44.5 Å². The summed E-state index contributed by atoms with van der Waals surface area (Å²) in [5.74, 6) is -0.607. The Morgan fingerprint density at radius 2 is 1.88 bits per heavy atom. The number of piperidine rings is 1. The lowest BCUT2D eigenvalue weighted by molar-refractivity contribution is 0.0734. The third-order valence-electron chi connectivity index (χ3n) is 6.74. The molecule has 2 bridgehead atoms. The molecule has 4 rings (SSSR count). The van der Waals surface area contributed by atoms with E-state index in [9.17, 15) is 13.6 Å². The minimum Gasteiger partial charge on any atom is -0.492 e. The van der Waals surface area contributed by atoms with Gasteiger partial charge in [-0.3, -0.25) is 0 Å². The molecule has 9 heteroatoms. The molecule has 0 spiro atoms. The van der Waals surface area contributed by atoms with Gasteiger partial charge in [0.15, 0.2) is 11.6 Å². The number of nitrogens with two attached hydrogens (primary N) is 1. The fraction of sp³-hybridized carbons (Fsp3) is 0.440. The number of amides is 2. The summed E-state index contributed by atoms with van der Waals surface area (Å²) in [7, 11) is 1.76. The number of carbonyl (C=O) groups excluding carboxylic acids is 1. The Hall–Kier alpha value is -3.22. The van der Waals surface area contributed by atoms with Crippen LogP contribution in [-0.4, -0.2) is 61.2 Å². The predicted molar refractivity (Wildman–Crippen MR) is 124 cm³/mol. The molecule has 2 aromatic rings. The molecule has 2 aliphatic rings. The van der Waals surface area contributed by atoms with Crippen LogP contribution >= 0.6 is 0 Å². The van der Waals surface area contributed by atoms with Crippen LogP contribution < -0.4 is 15.8 Å². The van der Waals surface area contributed by atoms with Crippen molar-refractivity contribution in [2.24, 2.45) is 17.6 Å². The summed E-state index contributed by atoms with van der Waals surface area (Å²) in [5.41, 5.74) is 7.13. The zero-order valence-corrected chi connectivity index (χ0v) is 19.1. The maximum Gasteiger partial charge on any atom is 0.321 e. The average Bonchev–Trinajstić information content (AvgIpc) is 3.09. The minimum absolute atomic E-state index is 0.0904. The second-order valence-electron chi connectivity index (χ2n) is 9.18. The van der Waals surface area contributed by atoms with E-state index in [4.69, 9.17) is 15.7 Å². The highest BCUT2D eigenvalue weighted by Crippen LogP contribution is 2.39. The Balaban J connectivity index is 1.28. The van der Waals surface area contributed by atoms with E-state index in [1.165, 1.54) is 6.07 Å². The zero-order chi connectivity index (χ0) is 24.2. The minimum atomic E-state index is -0.992. The largest absolute Gasteiger partial charge is 0.492 e. The van der Waals surface area contributed by atoms with E-state index in [-0.39, 0.29) is 23.8 Å². The smallest absolute Gasteiger partial charge is 0.321 e. The maximum absolute atomic E-state index is 13.5. The molecule has 2 unspecified atom stereocenters. The number of nitrogens with zero attached hydrogens (tertiary/aromatic N) is 3. The molecule has 1 heterocycles. The van der Waals surface area contributed by atoms with E-state index in [0.29, 0.717) is 36.3 Å². The number of rotatable bonds is 7. The van der Waals surface area contributed by atoms with Crippen molar-refractivity contribution in [2.75, 3.05) is 38.6 Å². The number of hydrogen-bond donors (Lipinski definition) is 2. The SMILES string of the molecule is CN(C(=O)Nc1ccc(F)c(F)c1)C1C2CCC1CN(C[C@H](N)COc1ccc(C#N)cc1)C2. The predicted octanol–water partition coefficient (Wildman–Crippen LogP) is 3.42. The quantitative estimate of drug-likeness (QED) is 0.648. The van der Waals surface area contributed by atoms with Gasteiger partial charge in [-0.2, -0.15) is 5.26 Å². The van der Waals surface area contributed by atoms with Crippen molar-refractivity contribution in [1.82, 2.24) is 9.80 Å². The Morgan fingerprint density at radius 1 is 1.21 bits per heavy atom. The first-order chi connectivity index (χ1) is 16.3. The number of nitriles is 1. The maximum atomic E-state index is 13.5. The number of ether oxygens (including phenoxy) is 1. The van der Waals surface area contributed by atoms with Gasteiger partial charge in [0.25, 0.3) is 0 Å². The lowest BCUT2D eigenvalue weighted by atomic mass is 9.91. The Bertz CT molecular complexity index is 1040. The third kappa shape index (κ3) is 5.46. The van der Waals surface area contributed by atoms with Crippen LogP contribution in [0.5, 0.6) is 5.75 Å². The summed E-state index contributed by atoms with van der Waals surface area (Å²) >= 11 is 0. The number of hydrogen-bond acceptors (Lipinski definition) is 5. The van der Waals surface area contributed by atoms with Gasteiger partial charge in [-0.1, -0.05) is 0 Å². The van der Waals surface area contributed by atoms with Gasteiger partial charge >= 0.3 is 6.03 Å². The van der Waals surface area contributed by atoms with Crippen molar-refractivity contribution in [3.8, 4) is 11.8 Å². The van der Waals surface area contributed by atoms with Crippen LogP contribution in [0.1, 0.15) is 18.4 Å². The van der Waals surface area contributed by atoms with E-state index in [0.717, 1.165) is 38.1 Å². The van der Waals surface area contributed by atoms with Gasteiger partial charge in [0.1, 0.15) is 12.4 Å². The number of likely N-dealkylation sites (tertiary alicyclic amines) is 1. The van der Waals surface area contributed by atoms with E-state index < -0.39 is 11.6 Å². The molecule has 3 N–H and O–H groups in total. The van der Waals surface area contributed by atoms with Crippen molar-refractivity contribution in [3.05, 3.63) is 59.7 Å². The molecule has 1 aliphatic heterocycles. The molecule has 2 fully saturated rings. The molecule has 1 saturated heterocycles. The Kier molecular flexibility index (Phi) is 7.29. The molecule has 0 radical (unpaired) electrons. The number of fused-ring (bicyclic) bond motifs is 2. The normalized spacial score (nSPS) is 22.6.